The fraction of sp³-hybridized carbons (Fsp3) is 0.364. The molecule has 7 heteroatoms. The summed E-state index contributed by atoms with van der Waals surface area (Å²) in [4.78, 5) is 11.4. The maximum Gasteiger partial charge on any atom is 0.228 e. The molecule has 3 nitrogen and oxygen atoms in total. The van der Waals surface area contributed by atoms with Crippen LogP contribution in [0.25, 0.3) is 0 Å². The van der Waals surface area contributed by atoms with Gasteiger partial charge in [-0.2, -0.15) is 0 Å². The number of carbonyl (C=O) groups excluding carboxylic acids is 1. The maximum absolute atomic E-state index is 11.4. The van der Waals surface area contributed by atoms with Crippen LogP contribution in [-0.4, -0.2) is 15.9 Å². The average molecular weight is 330 g/mol. The summed E-state index contributed by atoms with van der Waals surface area (Å²) >= 11 is 23.2. The number of nitrogens with one attached hydrogen (secondary N) is 2. The Morgan fingerprint density at radius 1 is 1.28 bits per heavy atom. The number of hydrogen-bond donors (Lipinski definition) is 2. The molecule has 0 saturated carbocycles. The standard InChI is InChI=1S/C11H12Cl4N2O/c1-2-9(18)17-10(11(13,14)15)16-8-5-3-7(12)4-6-8/h3-6,10,16H,2H2,1H3,(H,17,18)/t10-/m0/s1. The van der Waals surface area contributed by atoms with Gasteiger partial charge >= 0.3 is 0 Å². The zero-order valence-corrected chi connectivity index (χ0v) is 12.5. The van der Waals surface area contributed by atoms with Gasteiger partial charge in [-0.25, -0.2) is 0 Å². The molecule has 1 rings (SSSR count). The molecule has 18 heavy (non-hydrogen) atoms. The molecule has 1 amide bonds. The van der Waals surface area contributed by atoms with Gasteiger partial charge in [0.05, 0.1) is 0 Å². The summed E-state index contributed by atoms with van der Waals surface area (Å²) in [7, 11) is 0. The molecular weight excluding hydrogens is 318 g/mol. The van der Waals surface area contributed by atoms with Crippen LogP contribution in [0.15, 0.2) is 24.3 Å². The van der Waals surface area contributed by atoms with E-state index in [0.29, 0.717) is 17.1 Å². The molecule has 0 aliphatic rings. The minimum absolute atomic E-state index is 0.215. The summed E-state index contributed by atoms with van der Waals surface area (Å²) in [5.74, 6) is -0.215. The SMILES string of the molecule is CCC(=O)N[C@H](Nc1ccc(Cl)cc1)C(Cl)(Cl)Cl. The number of carbonyl (C=O) groups is 1. The van der Waals surface area contributed by atoms with E-state index in [4.69, 9.17) is 46.4 Å². The van der Waals surface area contributed by atoms with Crippen LogP contribution in [0.3, 0.4) is 0 Å². The molecule has 0 bridgehead atoms. The predicted molar refractivity (Wildman–Crippen MR) is 77.6 cm³/mol. The topological polar surface area (TPSA) is 41.1 Å². The number of halogens is 4. The Bertz CT molecular complexity index is 402. The largest absolute Gasteiger partial charge is 0.362 e. The van der Waals surface area contributed by atoms with Gasteiger partial charge in [0.15, 0.2) is 0 Å². The van der Waals surface area contributed by atoms with Crippen molar-refractivity contribution in [2.24, 2.45) is 0 Å². The molecule has 1 aromatic carbocycles. The summed E-state index contributed by atoms with van der Waals surface area (Å²) in [5.41, 5.74) is 0.687. The van der Waals surface area contributed by atoms with Crippen molar-refractivity contribution in [3.63, 3.8) is 0 Å². The highest BCUT2D eigenvalue weighted by Crippen LogP contribution is 2.31. The van der Waals surface area contributed by atoms with Gasteiger partial charge in [0.1, 0.15) is 6.17 Å². The van der Waals surface area contributed by atoms with E-state index >= 15 is 0 Å². The average Bonchev–Trinajstić information content (AvgIpc) is 2.29. The first-order valence-corrected chi connectivity index (χ1v) is 6.72. The highest BCUT2D eigenvalue weighted by atomic mass is 35.6. The molecule has 1 aromatic rings. The van der Waals surface area contributed by atoms with Crippen LogP contribution in [0.5, 0.6) is 0 Å². The molecule has 0 radical (unpaired) electrons. The monoisotopic (exact) mass is 328 g/mol. The molecular formula is C11H12Cl4N2O. The predicted octanol–water partition coefficient (Wildman–Crippen LogP) is 3.97. The van der Waals surface area contributed by atoms with Crippen LogP contribution in [0.4, 0.5) is 5.69 Å². The molecule has 0 saturated heterocycles. The van der Waals surface area contributed by atoms with Crippen LogP contribution < -0.4 is 10.6 Å². The van der Waals surface area contributed by atoms with Gasteiger partial charge in [-0.1, -0.05) is 53.3 Å². The lowest BCUT2D eigenvalue weighted by molar-refractivity contribution is -0.121. The van der Waals surface area contributed by atoms with Crippen LogP contribution in [-0.2, 0) is 4.79 Å². The minimum Gasteiger partial charge on any atom is -0.362 e. The summed E-state index contributed by atoms with van der Waals surface area (Å²) in [6.07, 6.45) is -0.518. The maximum atomic E-state index is 11.4. The molecule has 1 atom stereocenters. The minimum atomic E-state index is -1.66. The second-order valence-electron chi connectivity index (χ2n) is 3.55. The smallest absolute Gasteiger partial charge is 0.228 e. The van der Waals surface area contributed by atoms with Gasteiger partial charge < -0.3 is 10.6 Å². The summed E-state index contributed by atoms with van der Waals surface area (Å²) in [5, 5.41) is 6.12. The molecule has 0 aromatic heterocycles. The van der Waals surface area contributed by atoms with E-state index in [-0.39, 0.29) is 5.91 Å². The number of hydrogen-bond acceptors (Lipinski definition) is 2. The molecule has 0 aliphatic carbocycles. The second-order valence-corrected chi connectivity index (χ2v) is 6.35. The van der Waals surface area contributed by atoms with Gasteiger partial charge in [0.2, 0.25) is 9.70 Å². The van der Waals surface area contributed by atoms with E-state index in [2.05, 4.69) is 10.6 Å². The second kappa shape index (κ2) is 6.71. The van der Waals surface area contributed by atoms with Crippen LogP contribution in [0, 0.1) is 0 Å². The zero-order chi connectivity index (χ0) is 13.8. The first-order valence-electron chi connectivity index (χ1n) is 5.21. The molecule has 2 N–H and O–H groups in total. The first kappa shape index (κ1) is 15.7. The molecule has 0 fully saturated rings. The zero-order valence-electron chi connectivity index (χ0n) is 9.51. The van der Waals surface area contributed by atoms with E-state index in [9.17, 15) is 4.79 Å². The van der Waals surface area contributed by atoms with Crippen molar-refractivity contribution >= 4 is 58.0 Å². The third-order valence-electron chi connectivity index (χ3n) is 2.11. The van der Waals surface area contributed by atoms with E-state index in [1.807, 2.05) is 0 Å². The van der Waals surface area contributed by atoms with Gasteiger partial charge in [-0.05, 0) is 24.3 Å². The Morgan fingerprint density at radius 2 is 1.83 bits per heavy atom. The first-order chi connectivity index (χ1) is 8.32. The molecule has 0 heterocycles. The summed E-state index contributed by atoms with van der Waals surface area (Å²) < 4.78 is -1.66. The number of alkyl halides is 3. The quantitative estimate of drug-likeness (QED) is 0.648. The van der Waals surface area contributed by atoms with Crippen LogP contribution in [0.1, 0.15) is 13.3 Å². The number of benzene rings is 1. The normalized spacial score (nSPS) is 12.9. The third-order valence-corrected chi connectivity index (χ3v) is 3.02. The Labute approximate surface area is 126 Å². The number of rotatable bonds is 4. The fourth-order valence-electron chi connectivity index (χ4n) is 1.18. The molecule has 0 unspecified atom stereocenters. The van der Waals surface area contributed by atoms with Crippen molar-refractivity contribution in [2.45, 2.75) is 23.3 Å². The highest BCUT2D eigenvalue weighted by Gasteiger charge is 2.33. The molecule has 100 valence electrons. The van der Waals surface area contributed by atoms with Gasteiger partial charge in [-0.15, -0.1) is 0 Å². The van der Waals surface area contributed by atoms with Crippen molar-refractivity contribution in [3.8, 4) is 0 Å². The summed E-state index contributed by atoms with van der Waals surface area (Å²) in [6.45, 7) is 1.72. The van der Waals surface area contributed by atoms with Crippen molar-refractivity contribution < 1.29 is 4.79 Å². The van der Waals surface area contributed by atoms with Gasteiger partial charge in [0.25, 0.3) is 0 Å². The van der Waals surface area contributed by atoms with Crippen LogP contribution >= 0.6 is 46.4 Å². The van der Waals surface area contributed by atoms with E-state index < -0.39 is 9.96 Å². The van der Waals surface area contributed by atoms with Gasteiger partial charge in [0, 0.05) is 17.1 Å². The Kier molecular flexibility index (Phi) is 5.86. The number of amides is 1. The van der Waals surface area contributed by atoms with Crippen LogP contribution in [0.2, 0.25) is 5.02 Å². The number of anilines is 1. The Hall–Kier alpha value is -0.350. The van der Waals surface area contributed by atoms with Crippen molar-refractivity contribution in [1.29, 1.82) is 0 Å². The highest BCUT2D eigenvalue weighted by molar-refractivity contribution is 6.68. The van der Waals surface area contributed by atoms with Crippen molar-refractivity contribution in [3.05, 3.63) is 29.3 Å². The Balaban J connectivity index is 2.78. The fourth-order valence-corrected chi connectivity index (χ4v) is 1.63. The molecule has 0 aliphatic heterocycles. The lowest BCUT2D eigenvalue weighted by Crippen LogP contribution is -2.48. The lowest BCUT2D eigenvalue weighted by Gasteiger charge is -2.27. The molecule has 0 spiro atoms. The van der Waals surface area contributed by atoms with Gasteiger partial charge in [-0.3, -0.25) is 4.79 Å². The van der Waals surface area contributed by atoms with E-state index in [1.54, 1.807) is 31.2 Å². The lowest BCUT2D eigenvalue weighted by atomic mass is 10.3. The summed E-state index contributed by atoms with van der Waals surface area (Å²) in [6, 6.07) is 6.84. The van der Waals surface area contributed by atoms with E-state index in [1.165, 1.54) is 0 Å². The van der Waals surface area contributed by atoms with Crippen molar-refractivity contribution in [2.75, 3.05) is 5.32 Å². The van der Waals surface area contributed by atoms with Crippen molar-refractivity contribution in [1.82, 2.24) is 5.32 Å². The van der Waals surface area contributed by atoms with E-state index in [0.717, 1.165) is 0 Å². The third kappa shape index (κ3) is 5.11. The Morgan fingerprint density at radius 3 is 2.28 bits per heavy atom.